The first-order chi connectivity index (χ1) is 21.8. The van der Waals surface area contributed by atoms with Crippen molar-refractivity contribution < 1.29 is 47.6 Å². The molecular weight excluding hydrogens is 584 g/mol. The number of unbranched alkanes of at least 4 members (excludes halogenated alkanes) is 3. The molecule has 0 spiro atoms. The summed E-state index contributed by atoms with van der Waals surface area (Å²) >= 11 is 0. The standard InChI is InChI=1S/C33H42N2O10/c1-4-30(36)42-23-28(21-40-26-15-9-7-10-16-26)44-32(38)34-19-13-5-6-14-20-35-33(39)45-29(24-43-31(37)25(2)3)22-41-27-17-11-8-12-18-27/h4,7-12,15-18,28-29H,1-2,5-6,13-14,19-24H2,3H3,(H,34,38)(H,35,39). The second kappa shape index (κ2) is 21.7. The highest BCUT2D eigenvalue weighted by molar-refractivity contribution is 5.86. The van der Waals surface area contributed by atoms with Crippen LogP contribution in [0.2, 0.25) is 0 Å². The number of para-hydroxylation sites is 2. The first-order valence-corrected chi connectivity index (χ1v) is 14.6. The third-order valence-corrected chi connectivity index (χ3v) is 5.87. The van der Waals surface area contributed by atoms with Gasteiger partial charge in [-0.05, 0) is 44.0 Å². The Morgan fingerprint density at radius 1 is 0.689 bits per heavy atom. The molecule has 0 aliphatic heterocycles. The van der Waals surface area contributed by atoms with Gasteiger partial charge in [-0.15, -0.1) is 0 Å². The smallest absolute Gasteiger partial charge is 0.407 e. The molecule has 0 heterocycles. The quantitative estimate of drug-likeness (QED) is 0.0862. The minimum absolute atomic E-state index is 0.00225. The van der Waals surface area contributed by atoms with Gasteiger partial charge in [0.25, 0.3) is 0 Å². The average molecular weight is 627 g/mol. The van der Waals surface area contributed by atoms with Gasteiger partial charge in [-0.25, -0.2) is 19.2 Å². The molecule has 0 saturated carbocycles. The molecule has 12 nitrogen and oxygen atoms in total. The Morgan fingerprint density at radius 3 is 1.56 bits per heavy atom. The highest BCUT2D eigenvalue weighted by atomic mass is 16.6. The van der Waals surface area contributed by atoms with Crippen molar-refractivity contribution in [1.29, 1.82) is 0 Å². The molecule has 2 aromatic carbocycles. The lowest BCUT2D eigenvalue weighted by atomic mass is 10.2. The predicted octanol–water partition coefficient (Wildman–Crippen LogP) is 4.74. The Balaban J connectivity index is 1.63. The van der Waals surface area contributed by atoms with Crippen LogP contribution in [-0.2, 0) is 28.5 Å². The van der Waals surface area contributed by atoms with E-state index >= 15 is 0 Å². The Morgan fingerprint density at radius 2 is 1.13 bits per heavy atom. The Labute approximate surface area is 263 Å². The lowest BCUT2D eigenvalue weighted by molar-refractivity contribution is -0.142. The molecule has 0 aliphatic rings. The van der Waals surface area contributed by atoms with E-state index in [0.717, 1.165) is 18.9 Å². The van der Waals surface area contributed by atoms with Crippen LogP contribution in [0.4, 0.5) is 9.59 Å². The number of ether oxygens (including phenoxy) is 6. The zero-order valence-corrected chi connectivity index (χ0v) is 25.6. The van der Waals surface area contributed by atoms with Crippen LogP contribution in [0.3, 0.4) is 0 Å². The van der Waals surface area contributed by atoms with Crippen molar-refractivity contribution in [2.24, 2.45) is 0 Å². The number of alkyl carbamates (subject to hydrolysis) is 2. The van der Waals surface area contributed by atoms with Gasteiger partial charge in [-0.3, -0.25) is 0 Å². The van der Waals surface area contributed by atoms with E-state index in [9.17, 15) is 19.2 Å². The number of carbonyl (C=O) groups is 4. The molecule has 2 amide bonds. The summed E-state index contributed by atoms with van der Waals surface area (Å²) in [6, 6.07) is 18.0. The van der Waals surface area contributed by atoms with Gasteiger partial charge in [0.2, 0.25) is 0 Å². The molecule has 2 aromatic rings. The average Bonchev–Trinajstić information content (AvgIpc) is 3.05. The molecule has 45 heavy (non-hydrogen) atoms. The molecule has 0 aromatic heterocycles. The molecule has 2 atom stereocenters. The van der Waals surface area contributed by atoms with Gasteiger partial charge in [-0.1, -0.05) is 62.4 Å². The number of hydrogen-bond acceptors (Lipinski definition) is 10. The van der Waals surface area contributed by atoms with Crippen LogP contribution in [0.1, 0.15) is 32.6 Å². The van der Waals surface area contributed by atoms with Crippen LogP contribution < -0.4 is 20.1 Å². The first kappa shape index (κ1) is 36.2. The van der Waals surface area contributed by atoms with E-state index in [4.69, 9.17) is 28.4 Å². The maximum absolute atomic E-state index is 12.3. The Hall–Kier alpha value is -5.00. The second-order valence-electron chi connectivity index (χ2n) is 9.78. The van der Waals surface area contributed by atoms with E-state index in [-0.39, 0.29) is 32.0 Å². The normalized spacial score (nSPS) is 11.6. The summed E-state index contributed by atoms with van der Waals surface area (Å²) in [5.41, 5.74) is 0.235. The highest BCUT2D eigenvalue weighted by Gasteiger charge is 2.19. The summed E-state index contributed by atoms with van der Waals surface area (Å²) in [5.74, 6) is -0.0402. The highest BCUT2D eigenvalue weighted by Crippen LogP contribution is 2.11. The van der Waals surface area contributed by atoms with Gasteiger partial charge in [0, 0.05) is 24.7 Å². The molecule has 244 valence electrons. The maximum atomic E-state index is 12.3. The molecule has 0 bridgehead atoms. The summed E-state index contributed by atoms with van der Waals surface area (Å²) in [6.45, 7) is 8.80. The molecular formula is C33H42N2O10. The molecule has 2 unspecified atom stereocenters. The summed E-state index contributed by atoms with van der Waals surface area (Å²) in [7, 11) is 0. The van der Waals surface area contributed by atoms with Crippen molar-refractivity contribution in [3.63, 3.8) is 0 Å². The number of hydrogen-bond donors (Lipinski definition) is 2. The Kier molecular flexibility index (Phi) is 17.4. The summed E-state index contributed by atoms with van der Waals surface area (Å²) < 4.78 is 32.2. The minimum Gasteiger partial charge on any atom is -0.490 e. The molecule has 2 rings (SSSR count). The second-order valence-corrected chi connectivity index (χ2v) is 9.78. The number of nitrogens with one attached hydrogen (secondary N) is 2. The van der Waals surface area contributed by atoms with Crippen LogP contribution in [0.25, 0.3) is 0 Å². The van der Waals surface area contributed by atoms with Crippen molar-refractivity contribution >= 4 is 24.1 Å². The monoisotopic (exact) mass is 626 g/mol. The fourth-order valence-electron chi connectivity index (χ4n) is 3.54. The number of amides is 2. The van der Waals surface area contributed by atoms with Crippen molar-refractivity contribution in [3.05, 3.63) is 85.5 Å². The number of rotatable bonds is 21. The number of carbonyl (C=O) groups excluding carboxylic acids is 4. The van der Waals surface area contributed by atoms with Gasteiger partial charge >= 0.3 is 24.1 Å². The molecule has 0 fully saturated rings. The number of esters is 2. The third-order valence-electron chi connectivity index (χ3n) is 5.87. The van der Waals surface area contributed by atoms with Gasteiger partial charge in [-0.2, -0.15) is 0 Å². The van der Waals surface area contributed by atoms with Crippen molar-refractivity contribution in [2.75, 3.05) is 39.5 Å². The summed E-state index contributed by atoms with van der Waals surface area (Å²) in [4.78, 5) is 47.8. The SMILES string of the molecule is C=CC(=O)OCC(COc1ccccc1)OC(=O)NCCCCCCNC(=O)OC(COC(=O)C(=C)C)COc1ccccc1. The van der Waals surface area contributed by atoms with E-state index in [1.807, 2.05) is 36.4 Å². The van der Waals surface area contributed by atoms with E-state index < -0.39 is 36.3 Å². The van der Waals surface area contributed by atoms with Crippen LogP contribution >= 0.6 is 0 Å². The Bertz CT molecular complexity index is 1210. The third kappa shape index (κ3) is 17.0. The van der Waals surface area contributed by atoms with Gasteiger partial charge in [0.15, 0.2) is 12.2 Å². The van der Waals surface area contributed by atoms with Crippen LogP contribution in [-0.4, -0.2) is 75.9 Å². The van der Waals surface area contributed by atoms with E-state index in [0.29, 0.717) is 37.4 Å². The predicted molar refractivity (Wildman–Crippen MR) is 166 cm³/mol. The van der Waals surface area contributed by atoms with Crippen LogP contribution in [0, 0.1) is 0 Å². The van der Waals surface area contributed by atoms with Crippen molar-refractivity contribution in [3.8, 4) is 11.5 Å². The topological polar surface area (TPSA) is 148 Å². The van der Waals surface area contributed by atoms with Gasteiger partial charge in [0.05, 0.1) is 0 Å². The fraction of sp³-hybridized carbons (Fsp3) is 0.394. The molecule has 12 heteroatoms. The molecule has 0 radical (unpaired) electrons. The molecule has 0 aliphatic carbocycles. The molecule has 2 N–H and O–H groups in total. The first-order valence-electron chi connectivity index (χ1n) is 14.6. The van der Waals surface area contributed by atoms with Crippen LogP contribution in [0.5, 0.6) is 11.5 Å². The van der Waals surface area contributed by atoms with E-state index in [1.54, 1.807) is 24.3 Å². The van der Waals surface area contributed by atoms with Crippen molar-refractivity contribution in [2.45, 2.75) is 44.8 Å². The lowest BCUT2D eigenvalue weighted by Crippen LogP contribution is -2.36. The van der Waals surface area contributed by atoms with Gasteiger partial charge in [0.1, 0.15) is 37.9 Å². The summed E-state index contributed by atoms with van der Waals surface area (Å²) in [5, 5.41) is 5.36. The minimum atomic E-state index is -0.821. The fourth-order valence-corrected chi connectivity index (χ4v) is 3.54. The molecule has 0 saturated heterocycles. The van der Waals surface area contributed by atoms with E-state index in [2.05, 4.69) is 23.8 Å². The number of benzene rings is 2. The maximum Gasteiger partial charge on any atom is 0.407 e. The van der Waals surface area contributed by atoms with E-state index in [1.165, 1.54) is 6.92 Å². The zero-order valence-electron chi connectivity index (χ0n) is 25.6. The zero-order chi connectivity index (χ0) is 32.7. The van der Waals surface area contributed by atoms with Gasteiger partial charge < -0.3 is 39.1 Å². The summed E-state index contributed by atoms with van der Waals surface area (Å²) in [6.07, 6.45) is 1.02. The van der Waals surface area contributed by atoms with Crippen molar-refractivity contribution in [1.82, 2.24) is 10.6 Å². The lowest BCUT2D eigenvalue weighted by Gasteiger charge is -2.19. The van der Waals surface area contributed by atoms with Crippen LogP contribution in [0.15, 0.2) is 85.5 Å². The largest absolute Gasteiger partial charge is 0.490 e.